The fourth-order valence-corrected chi connectivity index (χ4v) is 0.804. The molecule has 5 nitrogen and oxygen atoms in total. The van der Waals surface area contributed by atoms with Crippen molar-refractivity contribution in [1.82, 2.24) is 0 Å². The van der Waals surface area contributed by atoms with Gasteiger partial charge in [0.2, 0.25) is 0 Å². The number of carboxylic acids is 1. The lowest BCUT2D eigenvalue weighted by Crippen LogP contribution is -2.36. The third-order valence-corrected chi connectivity index (χ3v) is 2.49. The first-order valence-electron chi connectivity index (χ1n) is 5.49. The minimum atomic E-state index is -4.28. The van der Waals surface area contributed by atoms with Crippen molar-refractivity contribution in [2.24, 2.45) is 5.41 Å². The van der Waals surface area contributed by atoms with E-state index in [-0.39, 0.29) is 0 Å². The molecule has 0 aromatic carbocycles. The summed E-state index contributed by atoms with van der Waals surface area (Å²) in [5.41, 5.74) is -0.719. The summed E-state index contributed by atoms with van der Waals surface area (Å²) < 4.78 is 33.9. The van der Waals surface area contributed by atoms with Gasteiger partial charge in [0.25, 0.3) is 0 Å². The average molecular weight is 268 g/mol. The summed E-state index contributed by atoms with van der Waals surface area (Å²) in [7, 11) is 0. The largest absolute Gasteiger partial charge is 0.475 e. The lowest BCUT2D eigenvalue weighted by atomic mass is 9.91. The Morgan fingerprint density at radius 1 is 1.33 bits per heavy atom. The molecule has 0 aliphatic carbocycles. The molecule has 0 heterocycles. The topological polar surface area (TPSA) is 72.8 Å². The molecule has 0 amide bonds. The van der Waals surface area contributed by atoms with Crippen molar-refractivity contribution < 1.29 is 33.0 Å². The highest BCUT2D eigenvalue weighted by Crippen LogP contribution is 2.23. The summed E-state index contributed by atoms with van der Waals surface area (Å²) in [5.74, 6) is -2.92. The first kappa shape index (κ1) is 16.8. The Bertz CT molecular complexity index is 315. The van der Waals surface area contributed by atoms with Crippen LogP contribution < -0.4 is 0 Å². The smallest absolute Gasteiger partial charge is 0.456 e. The quantitative estimate of drug-likeness (QED) is 0.715. The second-order valence-corrected chi connectivity index (χ2v) is 4.59. The maximum absolute atomic E-state index is 12.6. The van der Waals surface area contributed by atoms with Crippen molar-refractivity contribution >= 4 is 11.9 Å². The van der Waals surface area contributed by atoms with Crippen LogP contribution in [0.1, 0.15) is 34.1 Å². The SMILES string of the molecule is CCC(C)(C)C(=O)OC(C)COC(F)(F)C(=O)O. The molecule has 0 aliphatic rings. The van der Waals surface area contributed by atoms with Gasteiger partial charge in [0.15, 0.2) is 0 Å². The molecule has 0 saturated carbocycles. The molecule has 7 heteroatoms. The Morgan fingerprint density at radius 2 is 1.83 bits per heavy atom. The molecular formula is C11H18F2O5. The molecule has 1 N–H and O–H groups in total. The lowest BCUT2D eigenvalue weighted by molar-refractivity contribution is -0.253. The number of hydrogen-bond donors (Lipinski definition) is 1. The van der Waals surface area contributed by atoms with Gasteiger partial charge in [0, 0.05) is 0 Å². The van der Waals surface area contributed by atoms with Crippen molar-refractivity contribution in [2.45, 2.75) is 46.3 Å². The number of ether oxygens (including phenoxy) is 2. The van der Waals surface area contributed by atoms with E-state index in [0.717, 1.165) is 0 Å². The average Bonchev–Trinajstić information content (AvgIpc) is 2.26. The minimum absolute atomic E-state index is 0.532. The number of aliphatic carboxylic acids is 1. The van der Waals surface area contributed by atoms with Crippen LogP contribution in [0.2, 0.25) is 0 Å². The molecule has 18 heavy (non-hydrogen) atoms. The van der Waals surface area contributed by atoms with E-state index in [1.54, 1.807) is 20.8 Å². The Labute approximate surface area is 104 Å². The monoisotopic (exact) mass is 268 g/mol. The predicted molar refractivity (Wildman–Crippen MR) is 58.2 cm³/mol. The lowest BCUT2D eigenvalue weighted by Gasteiger charge is -2.24. The second-order valence-electron chi connectivity index (χ2n) is 4.59. The molecule has 1 unspecified atom stereocenters. The fraction of sp³-hybridized carbons (Fsp3) is 0.818. The van der Waals surface area contributed by atoms with Gasteiger partial charge in [-0.1, -0.05) is 6.92 Å². The highest BCUT2D eigenvalue weighted by Gasteiger charge is 2.41. The molecular weight excluding hydrogens is 250 g/mol. The van der Waals surface area contributed by atoms with Gasteiger partial charge in [-0.15, -0.1) is 0 Å². The van der Waals surface area contributed by atoms with Gasteiger partial charge in [-0.2, -0.15) is 8.78 Å². The van der Waals surface area contributed by atoms with E-state index in [4.69, 9.17) is 9.84 Å². The van der Waals surface area contributed by atoms with Gasteiger partial charge < -0.3 is 14.6 Å². The second kappa shape index (κ2) is 6.08. The number of carboxylic acid groups (broad SMARTS) is 1. The fourth-order valence-electron chi connectivity index (χ4n) is 0.804. The number of rotatable bonds is 7. The Kier molecular flexibility index (Phi) is 5.66. The molecule has 0 rings (SSSR count). The molecule has 0 aliphatic heterocycles. The first-order valence-corrected chi connectivity index (χ1v) is 5.49. The molecule has 0 spiro atoms. The van der Waals surface area contributed by atoms with E-state index >= 15 is 0 Å². The molecule has 106 valence electrons. The molecule has 0 radical (unpaired) electrons. The van der Waals surface area contributed by atoms with Crippen molar-refractivity contribution in [1.29, 1.82) is 0 Å². The van der Waals surface area contributed by atoms with Crippen LogP contribution in [-0.4, -0.2) is 35.9 Å². The van der Waals surface area contributed by atoms with E-state index in [1.807, 2.05) is 0 Å². The number of hydrogen-bond acceptors (Lipinski definition) is 4. The van der Waals surface area contributed by atoms with E-state index in [2.05, 4.69) is 4.74 Å². The van der Waals surface area contributed by atoms with Crippen molar-refractivity contribution in [3.63, 3.8) is 0 Å². The van der Waals surface area contributed by atoms with Gasteiger partial charge in [0.05, 0.1) is 12.0 Å². The number of alkyl halides is 2. The van der Waals surface area contributed by atoms with Gasteiger partial charge >= 0.3 is 18.0 Å². The number of halogens is 2. The van der Waals surface area contributed by atoms with Crippen LogP contribution in [0, 0.1) is 5.41 Å². The molecule has 0 saturated heterocycles. The number of carbonyl (C=O) groups is 2. The van der Waals surface area contributed by atoms with E-state index in [9.17, 15) is 18.4 Å². The van der Waals surface area contributed by atoms with Crippen LogP contribution in [0.5, 0.6) is 0 Å². The van der Waals surface area contributed by atoms with Crippen molar-refractivity contribution in [3.8, 4) is 0 Å². The Morgan fingerprint density at radius 3 is 2.22 bits per heavy atom. The standard InChI is InChI=1S/C11H18F2O5/c1-5-10(3,4)9(16)18-7(2)6-17-11(12,13)8(14)15/h7H,5-6H2,1-4H3,(H,14,15). The Hall–Kier alpha value is -1.24. The molecule has 0 fully saturated rings. The highest BCUT2D eigenvalue weighted by molar-refractivity contribution is 5.76. The Balaban J connectivity index is 4.26. The van der Waals surface area contributed by atoms with Crippen LogP contribution >= 0.6 is 0 Å². The third-order valence-electron chi connectivity index (χ3n) is 2.49. The summed E-state index contributed by atoms with van der Waals surface area (Å²) >= 11 is 0. The molecule has 0 bridgehead atoms. The maximum atomic E-state index is 12.6. The van der Waals surface area contributed by atoms with Gasteiger partial charge in [-0.25, -0.2) is 4.79 Å². The van der Waals surface area contributed by atoms with Crippen LogP contribution in [0.15, 0.2) is 0 Å². The zero-order valence-electron chi connectivity index (χ0n) is 10.8. The van der Waals surface area contributed by atoms with Crippen LogP contribution in [-0.2, 0) is 19.1 Å². The zero-order valence-corrected chi connectivity index (χ0v) is 10.8. The summed E-state index contributed by atoms with van der Waals surface area (Å²) in [6.45, 7) is 5.77. The van der Waals surface area contributed by atoms with E-state index in [1.165, 1.54) is 6.92 Å². The summed E-state index contributed by atoms with van der Waals surface area (Å²) in [4.78, 5) is 21.7. The summed E-state index contributed by atoms with van der Waals surface area (Å²) in [6, 6.07) is 0. The normalized spacial score (nSPS) is 14.1. The van der Waals surface area contributed by atoms with Gasteiger partial charge in [0.1, 0.15) is 6.10 Å². The third kappa shape index (κ3) is 4.95. The molecule has 0 aromatic rings. The van der Waals surface area contributed by atoms with Gasteiger partial charge in [-0.05, 0) is 27.2 Å². The molecule has 1 atom stereocenters. The highest BCUT2D eigenvalue weighted by atomic mass is 19.3. The summed E-state index contributed by atoms with van der Waals surface area (Å²) in [5, 5.41) is 8.12. The van der Waals surface area contributed by atoms with Crippen LogP contribution in [0.3, 0.4) is 0 Å². The van der Waals surface area contributed by atoms with Crippen LogP contribution in [0.4, 0.5) is 8.78 Å². The van der Waals surface area contributed by atoms with Crippen LogP contribution in [0.25, 0.3) is 0 Å². The van der Waals surface area contributed by atoms with Gasteiger partial charge in [-0.3, -0.25) is 4.79 Å². The number of esters is 1. The maximum Gasteiger partial charge on any atom is 0.456 e. The predicted octanol–water partition coefficient (Wildman–Crippen LogP) is 2.05. The van der Waals surface area contributed by atoms with E-state index < -0.39 is 36.2 Å². The van der Waals surface area contributed by atoms with Crippen molar-refractivity contribution in [2.75, 3.05) is 6.61 Å². The first-order chi connectivity index (χ1) is 8.03. The van der Waals surface area contributed by atoms with Crippen molar-refractivity contribution in [3.05, 3.63) is 0 Å². The summed E-state index contributed by atoms with van der Waals surface area (Å²) in [6.07, 6.45) is -4.69. The molecule has 0 aromatic heterocycles. The minimum Gasteiger partial charge on any atom is -0.475 e. The zero-order chi connectivity index (χ0) is 14.6. The van der Waals surface area contributed by atoms with E-state index in [0.29, 0.717) is 6.42 Å². The number of carbonyl (C=O) groups excluding carboxylic acids is 1.